The van der Waals surface area contributed by atoms with Gasteiger partial charge in [0.2, 0.25) is 5.91 Å². The normalized spacial score (nSPS) is 24.3. The fourth-order valence-electron chi connectivity index (χ4n) is 5.70. The highest BCUT2D eigenvalue weighted by Crippen LogP contribution is 2.53. The third-order valence-corrected chi connectivity index (χ3v) is 7.24. The number of aromatic nitrogens is 1. The van der Waals surface area contributed by atoms with Crippen LogP contribution in [0.1, 0.15) is 62.7 Å². The van der Waals surface area contributed by atoms with Crippen LogP contribution in [0, 0.1) is 5.41 Å². The number of carbonyl (C=O) groups excluding carboxylic acids is 1. The Bertz CT molecular complexity index is 846. The van der Waals surface area contributed by atoms with Crippen LogP contribution in [0.15, 0.2) is 24.3 Å². The highest BCUT2D eigenvalue weighted by atomic mass is 16.5. The van der Waals surface area contributed by atoms with Gasteiger partial charge in [-0.3, -0.25) is 9.69 Å². The first-order chi connectivity index (χ1) is 14.2. The number of benzene rings is 1. The summed E-state index contributed by atoms with van der Waals surface area (Å²) in [5.74, 6) is 0.179. The van der Waals surface area contributed by atoms with Gasteiger partial charge in [-0.1, -0.05) is 25.1 Å². The van der Waals surface area contributed by atoms with Crippen molar-refractivity contribution in [3.05, 3.63) is 35.5 Å². The van der Waals surface area contributed by atoms with E-state index in [1.165, 1.54) is 41.5 Å². The summed E-state index contributed by atoms with van der Waals surface area (Å²) in [5.41, 5.74) is 4.34. The van der Waals surface area contributed by atoms with Crippen LogP contribution in [0.4, 0.5) is 0 Å². The number of hydrogen-bond acceptors (Lipinski definition) is 3. The molecule has 4 rings (SSSR count). The van der Waals surface area contributed by atoms with Gasteiger partial charge in [0.25, 0.3) is 0 Å². The van der Waals surface area contributed by atoms with E-state index in [1.54, 1.807) is 7.11 Å². The van der Waals surface area contributed by atoms with Crippen LogP contribution in [-0.4, -0.2) is 49.1 Å². The van der Waals surface area contributed by atoms with Crippen molar-refractivity contribution in [2.75, 3.05) is 33.4 Å². The number of rotatable bonds is 8. The highest BCUT2D eigenvalue weighted by Gasteiger charge is 2.47. The lowest BCUT2D eigenvalue weighted by molar-refractivity contribution is -0.122. The van der Waals surface area contributed by atoms with Gasteiger partial charge in [0, 0.05) is 49.8 Å². The van der Waals surface area contributed by atoms with Crippen molar-refractivity contribution >= 4 is 16.8 Å². The lowest BCUT2D eigenvalue weighted by Crippen LogP contribution is -2.49. The summed E-state index contributed by atoms with van der Waals surface area (Å²) in [4.78, 5) is 18.9. The average Bonchev–Trinajstić information content (AvgIpc) is 3.14. The van der Waals surface area contributed by atoms with E-state index in [0.29, 0.717) is 25.6 Å². The zero-order chi connectivity index (χ0) is 20.3. The average molecular weight is 398 g/mol. The standard InChI is InChI=1S/C24H35N3O2/c1-3-24(13-10-21(28)25-14-7-17-29-2)12-6-15-27-16-11-19-18-8-4-5-9-20(18)26-22(19)23(24)27/h4-5,8-9,23,26H,3,6-7,10-17H2,1-2H3,(H,25,28)/t23-,24-/m1/s1. The number of aromatic amines is 1. The molecule has 1 amide bonds. The predicted octanol–water partition coefficient (Wildman–Crippen LogP) is 4.19. The Hall–Kier alpha value is -1.85. The van der Waals surface area contributed by atoms with Crippen molar-refractivity contribution in [2.45, 2.75) is 57.9 Å². The van der Waals surface area contributed by atoms with Gasteiger partial charge in [0.15, 0.2) is 0 Å². The Morgan fingerprint density at radius 1 is 1.34 bits per heavy atom. The Balaban J connectivity index is 1.55. The van der Waals surface area contributed by atoms with Gasteiger partial charge in [0.1, 0.15) is 0 Å². The van der Waals surface area contributed by atoms with Crippen molar-refractivity contribution in [3.8, 4) is 0 Å². The lowest BCUT2D eigenvalue weighted by atomic mass is 9.65. The molecule has 2 N–H and O–H groups in total. The van der Waals surface area contributed by atoms with E-state index in [2.05, 4.69) is 46.4 Å². The summed E-state index contributed by atoms with van der Waals surface area (Å²) in [5, 5.41) is 4.45. The second-order valence-electron chi connectivity index (χ2n) is 8.77. The number of para-hydroxylation sites is 1. The molecule has 0 radical (unpaired) electrons. The summed E-state index contributed by atoms with van der Waals surface area (Å²) >= 11 is 0. The van der Waals surface area contributed by atoms with Gasteiger partial charge in [-0.15, -0.1) is 0 Å². The monoisotopic (exact) mass is 397 g/mol. The van der Waals surface area contributed by atoms with Crippen molar-refractivity contribution in [2.24, 2.45) is 5.41 Å². The van der Waals surface area contributed by atoms with Gasteiger partial charge < -0.3 is 15.0 Å². The van der Waals surface area contributed by atoms with Crippen molar-refractivity contribution in [1.82, 2.24) is 15.2 Å². The number of H-pyrrole nitrogens is 1. The zero-order valence-corrected chi connectivity index (χ0v) is 17.9. The van der Waals surface area contributed by atoms with E-state index < -0.39 is 0 Å². The molecule has 29 heavy (non-hydrogen) atoms. The number of nitrogens with zero attached hydrogens (tertiary/aromatic N) is 1. The minimum absolute atomic E-state index is 0.165. The fourth-order valence-corrected chi connectivity index (χ4v) is 5.70. The van der Waals surface area contributed by atoms with Crippen LogP contribution < -0.4 is 5.32 Å². The molecule has 2 aromatic rings. The molecular formula is C24H35N3O2. The van der Waals surface area contributed by atoms with Gasteiger partial charge in [-0.25, -0.2) is 0 Å². The van der Waals surface area contributed by atoms with Gasteiger partial charge in [-0.05, 0) is 62.1 Å². The summed E-state index contributed by atoms with van der Waals surface area (Å²) in [7, 11) is 1.70. The predicted molar refractivity (Wildman–Crippen MR) is 117 cm³/mol. The number of piperidine rings is 1. The molecule has 1 fully saturated rings. The van der Waals surface area contributed by atoms with E-state index in [0.717, 1.165) is 32.2 Å². The van der Waals surface area contributed by atoms with Gasteiger partial charge in [0.05, 0.1) is 6.04 Å². The maximum atomic E-state index is 12.5. The molecule has 1 saturated heterocycles. The molecular weight excluding hydrogens is 362 g/mol. The number of methoxy groups -OCH3 is 1. The zero-order valence-electron chi connectivity index (χ0n) is 17.9. The topological polar surface area (TPSA) is 57.4 Å². The molecule has 1 aromatic carbocycles. The van der Waals surface area contributed by atoms with E-state index in [9.17, 15) is 4.79 Å². The van der Waals surface area contributed by atoms with E-state index >= 15 is 0 Å². The molecule has 0 bridgehead atoms. The second kappa shape index (κ2) is 8.88. The van der Waals surface area contributed by atoms with Crippen LogP contribution in [-0.2, 0) is 16.0 Å². The maximum absolute atomic E-state index is 12.5. The maximum Gasteiger partial charge on any atom is 0.220 e. The van der Waals surface area contributed by atoms with Crippen molar-refractivity contribution in [1.29, 1.82) is 0 Å². The van der Waals surface area contributed by atoms with E-state index in [4.69, 9.17) is 4.74 Å². The number of fused-ring (bicyclic) bond motifs is 5. The van der Waals surface area contributed by atoms with Crippen LogP contribution >= 0.6 is 0 Å². The SMILES string of the molecule is CC[C@]1(CCC(=O)NCCCOC)CCCN2CCc3c([nH]c4ccccc34)[C@@H]21. The highest BCUT2D eigenvalue weighted by molar-refractivity contribution is 5.85. The Morgan fingerprint density at radius 3 is 3.03 bits per heavy atom. The quantitative estimate of drug-likeness (QED) is 0.657. The molecule has 5 heteroatoms. The summed E-state index contributed by atoms with van der Waals surface area (Å²) in [6.07, 6.45) is 7.10. The van der Waals surface area contributed by atoms with E-state index in [1.807, 2.05) is 0 Å². The number of hydrogen-bond donors (Lipinski definition) is 2. The molecule has 3 heterocycles. The number of amides is 1. The van der Waals surface area contributed by atoms with Gasteiger partial charge in [-0.2, -0.15) is 0 Å². The van der Waals surface area contributed by atoms with E-state index in [-0.39, 0.29) is 11.3 Å². The number of carbonyl (C=O) groups is 1. The summed E-state index contributed by atoms with van der Waals surface area (Å²) < 4.78 is 5.07. The third-order valence-electron chi connectivity index (χ3n) is 7.24. The molecule has 0 saturated carbocycles. The fraction of sp³-hybridized carbons (Fsp3) is 0.625. The first-order valence-corrected chi connectivity index (χ1v) is 11.3. The largest absolute Gasteiger partial charge is 0.385 e. The number of nitrogens with one attached hydrogen (secondary N) is 2. The molecule has 158 valence electrons. The van der Waals surface area contributed by atoms with Crippen LogP contribution in [0.2, 0.25) is 0 Å². The minimum Gasteiger partial charge on any atom is -0.385 e. The molecule has 0 unspecified atom stereocenters. The van der Waals surface area contributed by atoms with Gasteiger partial charge >= 0.3 is 0 Å². The third kappa shape index (κ3) is 3.95. The molecule has 5 nitrogen and oxygen atoms in total. The Morgan fingerprint density at radius 2 is 2.21 bits per heavy atom. The minimum atomic E-state index is 0.165. The first-order valence-electron chi connectivity index (χ1n) is 11.3. The van der Waals surface area contributed by atoms with Crippen molar-refractivity contribution < 1.29 is 9.53 Å². The van der Waals surface area contributed by atoms with Crippen LogP contribution in [0.25, 0.3) is 10.9 Å². The Labute approximate surface area is 174 Å². The lowest BCUT2D eigenvalue weighted by Gasteiger charge is -2.52. The molecule has 2 aliphatic heterocycles. The Kier molecular flexibility index (Phi) is 6.26. The summed E-state index contributed by atoms with van der Waals surface area (Å²) in [6.45, 7) is 6.01. The van der Waals surface area contributed by atoms with Crippen LogP contribution in [0.5, 0.6) is 0 Å². The van der Waals surface area contributed by atoms with Crippen LogP contribution in [0.3, 0.4) is 0 Å². The van der Waals surface area contributed by atoms with Crippen molar-refractivity contribution in [3.63, 3.8) is 0 Å². The first kappa shape index (κ1) is 20.4. The second-order valence-corrected chi connectivity index (χ2v) is 8.77. The molecule has 0 spiro atoms. The molecule has 1 aromatic heterocycles. The molecule has 2 atom stereocenters. The molecule has 2 aliphatic rings. The molecule has 0 aliphatic carbocycles. The summed E-state index contributed by atoms with van der Waals surface area (Å²) in [6, 6.07) is 9.11. The smallest absolute Gasteiger partial charge is 0.220 e. The number of ether oxygens (including phenoxy) is 1.